The Balaban J connectivity index is 0. The standard InChI is InChI=1S/2C9H14N2/c1-8(7-11)6-9(2,3)4-5-10;1-8(4-5-10)6-9(2,3)7-11/h2*8H,4,6H2,1-3H3. The van der Waals surface area contributed by atoms with Crippen LogP contribution in [0.3, 0.4) is 0 Å². The molecule has 2 unspecified atom stereocenters. The lowest BCUT2D eigenvalue weighted by Gasteiger charge is -2.21. The van der Waals surface area contributed by atoms with E-state index in [1.54, 1.807) is 0 Å². The fourth-order valence-corrected chi connectivity index (χ4v) is 2.31. The van der Waals surface area contributed by atoms with E-state index in [9.17, 15) is 0 Å². The monoisotopic (exact) mass is 300 g/mol. The van der Waals surface area contributed by atoms with Crippen molar-refractivity contribution in [3.05, 3.63) is 0 Å². The number of hydrogen-bond acceptors (Lipinski definition) is 4. The van der Waals surface area contributed by atoms with Crippen molar-refractivity contribution in [2.24, 2.45) is 22.7 Å². The summed E-state index contributed by atoms with van der Waals surface area (Å²) in [5.41, 5.74) is -0.292. The SMILES string of the molecule is CC(C#N)CC(C)(C)CC#N.CC(CC#N)CC(C)(C)C#N. The maximum Gasteiger partial charge on any atom is 0.0684 e. The molecule has 4 heteroatoms. The van der Waals surface area contributed by atoms with Gasteiger partial charge >= 0.3 is 0 Å². The fraction of sp³-hybridized carbons (Fsp3) is 0.778. The zero-order chi connectivity index (χ0) is 17.8. The van der Waals surface area contributed by atoms with Crippen molar-refractivity contribution >= 4 is 0 Å². The minimum atomic E-state index is -0.281. The van der Waals surface area contributed by atoms with E-state index >= 15 is 0 Å². The van der Waals surface area contributed by atoms with Gasteiger partial charge in [-0.1, -0.05) is 20.8 Å². The van der Waals surface area contributed by atoms with Crippen molar-refractivity contribution in [2.45, 2.75) is 67.2 Å². The fourth-order valence-electron chi connectivity index (χ4n) is 2.31. The molecule has 2 atom stereocenters. The molecule has 4 nitrogen and oxygen atoms in total. The second-order valence-corrected chi connectivity index (χ2v) is 7.40. The highest BCUT2D eigenvalue weighted by molar-refractivity contribution is 4.93. The minimum Gasteiger partial charge on any atom is -0.198 e. The Morgan fingerprint density at radius 3 is 1.77 bits per heavy atom. The third kappa shape index (κ3) is 13.0. The van der Waals surface area contributed by atoms with Gasteiger partial charge in [-0.2, -0.15) is 21.0 Å². The van der Waals surface area contributed by atoms with Crippen molar-refractivity contribution in [3.8, 4) is 24.3 Å². The summed E-state index contributed by atoms with van der Waals surface area (Å²) in [5, 5.41) is 34.0. The molecule has 0 bridgehead atoms. The predicted molar refractivity (Wildman–Crippen MR) is 86.8 cm³/mol. The normalized spacial score (nSPS) is 13.2. The van der Waals surface area contributed by atoms with Crippen LogP contribution in [-0.2, 0) is 0 Å². The van der Waals surface area contributed by atoms with Gasteiger partial charge in [0, 0.05) is 18.8 Å². The summed E-state index contributed by atoms with van der Waals surface area (Å²) in [6.45, 7) is 11.7. The van der Waals surface area contributed by atoms with Crippen LogP contribution in [0, 0.1) is 68.0 Å². The Kier molecular flexibility index (Phi) is 10.8. The topological polar surface area (TPSA) is 95.2 Å². The summed E-state index contributed by atoms with van der Waals surface area (Å²) in [4.78, 5) is 0. The summed E-state index contributed by atoms with van der Waals surface area (Å²) in [7, 11) is 0. The Morgan fingerprint density at radius 2 is 1.41 bits per heavy atom. The molecule has 0 saturated heterocycles. The van der Waals surface area contributed by atoms with Crippen molar-refractivity contribution in [3.63, 3.8) is 0 Å². The van der Waals surface area contributed by atoms with Crippen molar-refractivity contribution < 1.29 is 0 Å². The third-order valence-corrected chi connectivity index (χ3v) is 3.24. The van der Waals surface area contributed by atoms with Crippen LogP contribution in [0.5, 0.6) is 0 Å². The minimum absolute atomic E-state index is 0.0100. The number of rotatable bonds is 6. The molecular weight excluding hydrogens is 272 g/mol. The van der Waals surface area contributed by atoms with Gasteiger partial charge in [0.2, 0.25) is 0 Å². The molecule has 0 aliphatic carbocycles. The molecule has 0 heterocycles. The molecule has 0 saturated carbocycles. The first-order chi connectivity index (χ1) is 10.0. The highest BCUT2D eigenvalue weighted by atomic mass is 14.3. The Morgan fingerprint density at radius 1 is 0.864 bits per heavy atom. The lowest BCUT2D eigenvalue weighted by atomic mass is 9.81. The number of hydrogen-bond donors (Lipinski definition) is 0. The van der Waals surface area contributed by atoms with Gasteiger partial charge in [0.15, 0.2) is 0 Å². The quantitative estimate of drug-likeness (QED) is 0.693. The molecule has 0 aromatic carbocycles. The van der Waals surface area contributed by atoms with Gasteiger partial charge in [-0.25, -0.2) is 0 Å². The van der Waals surface area contributed by atoms with Crippen LogP contribution in [-0.4, -0.2) is 0 Å². The average molecular weight is 300 g/mol. The van der Waals surface area contributed by atoms with E-state index in [0.717, 1.165) is 12.8 Å². The lowest BCUT2D eigenvalue weighted by molar-refractivity contribution is 0.311. The summed E-state index contributed by atoms with van der Waals surface area (Å²) in [5.74, 6) is 0.382. The molecule has 0 aromatic rings. The molecule has 0 aliphatic heterocycles. The van der Waals surface area contributed by atoms with Crippen molar-refractivity contribution in [2.75, 3.05) is 0 Å². The second-order valence-electron chi connectivity index (χ2n) is 7.40. The van der Waals surface area contributed by atoms with Crippen molar-refractivity contribution in [1.29, 1.82) is 21.0 Å². The highest BCUT2D eigenvalue weighted by Crippen LogP contribution is 2.28. The van der Waals surface area contributed by atoms with Gasteiger partial charge in [0.1, 0.15) is 0 Å². The van der Waals surface area contributed by atoms with E-state index in [-0.39, 0.29) is 16.7 Å². The molecule has 0 radical (unpaired) electrons. The zero-order valence-corrected chi connectivity index (χ0v) is 14.8. The van der Waals surface area contributed by atoms with Crippen LogP contribution in [0.4, 0.5) is 0 Å². The van der Waals surface area contributed by atoms with Crippen LogP contribution in [0.25, 0.3) is 0 Å². The molecule has 0 fully saturated rings. The molecular formula is C18H28N4. The van der Waals surface area contributed by atoms with Gasteiger partial charge in [-0.15, -0.1) is 0 Å². The van der Waals surface area contributed by atoms with Crippen molar-refractivity contribution in [1.82, 2.24) is 0 Å². The van der Waals surface area contributed by atoms with Crippen LogP contribution in [0.15, 0.2) is 0 Å². The first kappa shape index (κ1) is 22.2. The van der Waals surface area contributed by atoms with E-state index in [1.165, 1.54) is 0 Å². The first-order valence-electron chi connectivity index (χ1n) is 7.58. The largest absolute Gasteiger partial charge is 0.198 e. The van der Waals surface area contributed by atoms with E-state index in [0.29, 0.717) is 18.8 Å². The maximum atomic E-state index is 8.68. The average Bonchev–Trinajstić information content (AvgIpc) is 2.38. The first-order valence-corrected chi connectivity index (χ1v) is 7.58. The molecule has 0 N–H and O–H groups in total. The molecule has 0 rings (SSSR count). The lowest BCUT2D eigenvalue weighted by Crippen LogP contribution is -2.13. The third-order valence-electron chi connectivity index (χ3n) is 3.24. The molecule has 120 valence electrons. The predicted octanol–water partition coefficient (Wildman–Crippen LogP) is 4.95. The van der Waals surface area contributed by atoms with E-state index in [4.69, 9.17) is 21.0 Å². The Bertz CT molecular complexity index is 477. The molecule has 0 aliphatic rings. The summed E-state index contributed by atoms with van der Waals surface area (Å²) in [6.07, 6.45) is 2.68. The highest BCUT2D eigenvalue weighted by Gasteiger charge is 2.20. The Labute approximate surface area is 136 Å². The molecule has 22 heavy (non-hydrogen) atoms. The van der Waals surface area contributed by atoms with Crippen LogP contribution in [0.1, 0.15) is 67.2 Å². The van der Waals surface area contributed by atoms with Gasteiger partial charge in [0.05, 0.1) is 29.7 Å². The molecule has 0 spiro atoms. The van der Waals surface area contributed by atoms with Gasteiger partial charge in [0.25, 0.3) is 0 Å². The van der Waals surface area contributed by atoms with E-state index < -0.39 is 0 Å². The van der Waals surface area contributed by atoms with E-state index in [2.05, 4.69) is 24.3 Å². The zero-order valence-electron chi connectivity index (χ0n) is 14.8. The van der Waals surface area contributed by atoms with E-state index in [1.807, 2.05) is 41.5 Å². The molecule has 0 aromatic heterocycles. The van der Waals surface area contributed by atoms with Gasteiger partial charge in [-0.05, 0) is 44.9 Å². The van der Waals surface area contributed by atoms with Crippen LogP contribution >= 0.6 is 0 Å². The smallest absolute Gasteiger partial charge is 0.0684 e. The second kappa shape index (κ2) is 10.7. The summed E-state index contributed by atoms with van der Waals surface area (Å²) < 4.78 is 0. The van der Waals surface area contributed by atoms with Gasteiger partial charge < -0.3 is 0 Å². The summed E-state index contributed by atoms with van der Waals surface area (Å²) in [6, 6.07) is 8.62. The van der Waals surface area contributed by atoms with Crippen LogP contribution in [0.2, 0.25) is 0 Å². The maximum absolute atomic E-state index is 8.68. The summed E-state index contributed by atoms with van der Waals surface area (Å²) >= 11 is 0. The Hall–Kier alpha value is -2.04. The number of nitriles is 4. The van der Waals surface area contributed by atoms with Crippen LogP contribution < -0.4 is 0 Å². The molecule has 0 amide bonds. The number of nitrogens with zero attached hydrogens (tertiary/aromatic N) is 4. The van der Waals surface area contributed by atoms with Gasteiger partial charge in [-0.3, -0.25) is 0 Å².